The third-order valence-electron chi connectivity index (χ3n) is 1.82. The molecule has 5 nitrogen and oxygen atoms in total. The maximum Gasteiger partial charge on any atom is 0.151 e. The van der Waals surface area contributed by atoms with Gasteiger partial charge < -0.3 is 5.32 Å². The van der Waals surface area contributed by atoms with E-state index in [0.717, 1.165) is 5.69 Å². The van der Waals surface area contributed by atoms with Gasteiger partial charge in [0.15, 0.2) is 5.15 Å². The molecule has 0 spiro atoms. The zero-order chi connectivity index (χ0) is 10.7. The lowest BCUT2D eigenvalue weighted by Gasteiger charge is -2.10. The van der Waals surface area contributed by atoms with E-state index < -0.39 is 0 Å². The van der Waals surface area contributed by atoms with Gasteiger partial charge in [-0.15, -0.1) is 15.3 Å². The molecule has 0 aliphatic carbocycles. The number of hydrogen-bond acceptors (Lipinski definition) is 6. The van der Waals surface area contributed by atoms with Gasteiger partial charge in [0, 0.05) is 5.38 Å². The number of aromatic nitrogens is 4. The molecule has 15 heavy (non-hydrogen) atoms. The van der Waals surface area contributed by atoms with Crippen LogP contribution in [0.15, 0.2) is 17.5 Å². The number of nitrogens with zero attached hydrogens (tertiary/aromatic N) is 4. The van der Waals surface area contributed by atoms with E-state index in [-0.39, 0.29) is 6.04 Å². The Morgan fingerprint density at radius 3 is 2.80 bits per heavy atom. The molecule has 0 amide bonds. The van der Waals surface area contributed by atoms with Crippen molar-refractivity contribution in [3.05, 3.63) is 28.4 Å². The Morgan fingerprint density at radius 1 is 1.33 bits per heavy atom. The highest BCUT2D eigenvalue weighted by atomic mass is 35.5. The van der Waals surface area contributed by atoms with Crippen molar-refractivity contribution in [2.45, 2.75) is 13.0 Å². The molecule has 0 aliphatic heterocycles. The minimum absolute atomic E-state index is 0.0548. The van der Waals surface area contributed by atoms with Crippen molar-refractivity contribution in [3.63, 3.8) is 0 Å². The monoisotopic (exact) mass is 241 g/mol. The van der Waals surface area contributed by atoms with Crippen LogP contribution >= 0.6 is 23.1 Å². The predicted molar refractivity (Wildman–Crippen MR) is 59.0 cm³/mol. The standard InChI is InChI=1S/C8H8ClN5S/c1-5(6-4-15-14-11-6)10-8-3-2-7(9)12-13-8/h2-5H,1H3,(H,10,13). The second kappa shape index (κ2) is 4.50. The van der Waals surface area contributed by atoms with Crippen LogP contribution in [-0.4, -0.2) is 19.8 Å². The minimum atomic E-state index is 0.0548. The Kier molecular flexibility index (Phi) is 3.08. The normalized spacial score (nSPS) is 12.4. The third-order valence-corrected chi connectivity index (χ3v) is 2.54. The Morgan fingerprint density at radius 2 is 2.20 bits per heavy atom. The number of anilines is 1. The first-order valence-electron chi connectivity index (χ1n) is 4.28. The lowest BCUT2D eigenvalue weighted by Crippen LogP contribution is -2.08. The van der Waals surface area contributed by atoms with Crippen LogP contribution in [0.5, 0.6) is 0 Å². The molecule has 78 valence electrons. The summed E-state index contributed by atoms with van der Waals surface area (Å²) < 4.78 is 3.79. The summed E-state index contributed by atoms with van der Waals surface area (Å²) in [4.78, 5) is 0. The van der Waals surface area contributed by atoms with Crippen molar-refractivity contribution in [2.24, 2.45) is 0 Å². The second-order valence-corrected chi connectivity index (χ2v) is 3.93. The van der Waals surface area contributed by atoms with Gasteiger partial charge in [-0.2, -0.15) is 0 Å². The summed E-state index contributed by atoms with van der Waals surface area (Å²) in [6, 6.07) is 3.51. The van der Waals surface area contributed by atoms with Gasteiger partial charge in [-0.3, -0.25) is 0 Å². The molecule has 1 unspecified atom stereocenters. The molecule has 2 aromatic rings. The number of hydrogen-bond donors (Lipinski definition) is 1. The van der Waals surface area contributed by atoms with Gasteiger partial charge in [0.2, 0.25) is 0 Å². The highest BCUT2D eigenvalue weighted by Crippen LogP contribution is 2.16. The van der Waals surface area contributed by atoms with Crippen molar-refractivity contribution in [1.29, 1.82) is 0 Å². The van der Waals surface area contributed by atoms with Crippen molar-refractivity contribution >= 4 is 29.0 Å². The average Bonchev–Trinajstić information content (AvgIpc) is 2.74. The fourth-order valence-corrected chi connectivity index (χ4v) is 1.70. The second-order valence-electron chi connectivity index (χ2n) is 2.94. The van der Waals surface area contributed by atoms with E-state index in [4.69, 9.17) is 11.6 Å². The molecule has 2 aromatic heterocycles. The van der Waals surface area contributed by atoms with Gasteiger partial charge in [-0.05, 0) is 30.6 Å². The molecule has 0 aromatic carbocycles. The number of nitrogens with one attached hydrogen (secondary N) is 1. The maximum absolute atomic E-state index is 5.63. The summed E-state index contributed by atoms with van der Waals surface area (Å²) in [6.07, 6.45) is 0. The van der Waals surface area contributed by atoms with Crippen molar-refractivity contribution in [2.75, 3.05) is 5.32 Å². The SMILES string of the molecule is CC(Nc1ccc(Cl)nn1)c1csnn1. The van der Waals surface area contributed by atoms with Crippen LogP contribution in [0.3, 0.4) is 0 Å². The van der Waals surface area contributed by atoms with E-state index in [1.54, 1.807) is 12.1 Å². The lowest BCUT2D eigenvalue weighted by atomic mass is 10.2. The summed E-state index contributed by atoms with van der Waals surface area (Å²) >= 11 is 6.95. The first-order chi connectivity index (χ1) is 7.25. The van der Waals surface area contributed by atoms with Gasteiger partial charge in [-0.25, -0.2) is 0 Å². The quantitative estimate of drug-likeness (QED) is 0.892. The van der Waals surface area contributed by atoms with Gasteiger partial charge in [0.05, 0.1) is 11.7 Å². The first kappa shape index (κ1) is 10.3. The average molecular weight is 242 g/mol. The molecule has 0 radical (unpaired) electrons. The molecule has 0 saturated heterocycles. The molecule has 2 heterocycles. The van der Waals surface area contributed by atoms with Gasteiger partial charge in [0.25, 0.3) is 0 Å². The molecule has 7 heteroatoms. The smallest absolute Gasteiger partial charge is 0.151 e. The van der Waals surface area contributed by atoms with E-state index in [1.165, 1.54) is 11.5 Å². The van der Waals surface area contributed by atoms with Crippen molar-refractivity contribution < 1.29 is 0 Å². The number of rotatable bonds is 3. The van der Waals surface area contributed by atoms with Gasteiger partial charge >= 0.3 is 0 Å². The third kappa shape index (κ3) is 2.60. The van der Waals surface area contributed by atoms with Gasteiger partial charge in [-0.1, -0.05) is 16.1 Å². The molecule has 0 fully saturated rings. The van der Waals surface area contributed by atoms with Crippen molar-refractivity contribution in [3.8, 4) is 0 Å². The van der Waals surface area contributed by atoms with E-state index in [1.807, 2.05) is 12.3 Å². The summed E-state index contributed by atoms with van der Waals surface area (Å²) in [5.41, 5.74) is 0.886. The van der Waals surface area contributed by atoms with Gasteiger partial charge in [0.1, 0.15) is 5.82 Å². The van der Waals surface area contributed by atoms with Crippen molar-refractivity contribution in [1.82, 2.24) is 19.8 Å². The van der Waals surface area contributed by atoms with E-state index in [2.05, 4.69) is 25.1 Å². The summed E-state index contributed by atoms with van der Waals surface area (Å²) in [5, 5.41) is 17.0. The molecular weight excluding hydrogens is 234 g/mol. The van der Waals surface area contributed by atoms with Crippen LogP contribution in [-0.2, 0) is 0 Å². The van der Waals surface area contributed by atoms with E-state index in [0.29, 0.717) is 11.0 Å². The van der Waals surface area contributed by atoms with Crippen LogP contribution in [0.4, 0.5) is 5.82 Å². The highest BCUT2D eigenvalue weighted by molar-refractivity contribution is 7.03. The molecule has 1 atom stereocenters. The molecule has 2 rings (SSSR count). The molecule has 0 saturated carbocycles. The summed E-state index contributed by atoms with van der Waals surface area (Å²) in [5.74, 6) is 0.667. The first-order valence-corrected chi connectivity index (χ1v) is 5.50. The number of halogens is 1. The van der Waals surface area contributed by atoms with E-state index in [9.17, 15) is 0 Å². The Hall–Kier alpha value is -1.27. The van der Waals surface area contributed by atoms with Crippen LogP contribution < -0.4 is 5.32 Å². The predicted octanol–water partition coefficient (Wildman–Crippen LogP) is 2.15. The summed E-state index contributed by atoms with van der Waals surface area (Å²) in [6.45, 7) is 1.98. The molecular formula is C8H8ClN5S. The minimum Gasteiger partial charge on any atom is -0.360 e. The topological polar surface area (TPSA) is 63.6 Å². The fraction of sp³-hybridized carbons (Fsp3) is 0.250. The molecule has 0 aliphatic rings. The Balaban J connectivity index is 2.06. The molecule has 0 bridgehead atoms. The van der Waals surface area contributed by atoms with Crippen LogP contribution in [0.25, 0.3) is 0 Å². The Bertz CT molecular complexity index is 415. The largest absolute Gasteiger partial charge is 0.360 e. The van der Waals surface area contributed by atoms with E-state index >= 15 is 0 Å². The lowest BCUT2D eigenvalue weighted by molar-refractivity contribution is 0.813. The summed E-state index contributed by atoms with van der Waals surface area (Å²) in [7, 11) is 0. The van der Waals surface area contributed by atoms with Crippen LogP contribution in [0.1, 0.15) is 18.7 Å². The zero-order valence-corrected chi connectivity index (χ0v) is 9.46. The van der Waals surface area contributed by atoms with Crippen LogP contribution in [0.2, 0.25) is 5.15 Å². The maximum atomic E-state index is 5.63. The Labute approximate surface area is 95.7 Å². The molecule has 1 N–H and O–H groups in total. The van der Waals surface area contributed by atoms with Crippen LogP contribution in [0, 0.1) is 0 Å². The highest BCUT2D eigenvalue weighted by Gasteiger charge is 2.08. The zero-order valence-electron chi connectivity index (χ0n) is 7.88. The fourth-order valence-electron chi connectivity index (χ4n) is 1.05.